The average Bonchev–Trinajstić information content (AvgIpc) is 2.67. The third-order valence-electron chi connectivity index (χ3n) is 4.54. The standard InChI is InChI=1S/C20H14Cl3N3O2S/c21-12-3-1-2-10(6-12)9-29-20-25-18-17(19(28)26-20)13(8-16(27)24-18)11-4-5-14(22)15(23)7-11/h1-7,13H,8-9H2,(H2,24,25,26,27,28). The summed E-state index contributed by atoms with van der Waals surface area (Å²) in [6.07, 6.45) is 0.130. The van der Waals surface area contributed by atoms with Gasteiger partial charge in [0.05, 0.1) is 15.6 Å². The van der Waals surface area contributed by atoms with Crippen molar-refractivity contribution in [3.8, 4) is 0 Å². The number of benzene rings is 2. The summed E-state index contributed by atoms with van der Waals surface area (Å²) in [7, 11) is 0. The highest BCUT2D eigenvalue weighted by atomic mass is 35.5. The zero-order valence-corrected chi connectivity index (χ0v) is 17.9. The Morgan fingerprint density at radius 2 is 1.90 bits per heavy atom. The number of anilines is 1. The van der Waals surface area contributed by atoms with Crippen LogP contribution in [0.15, 0.2) is 52.4 Å². The molecule has 1 amide bonds. The molecule has 0 spiro atoms. The lowest BCUT2D eigenvalue weighted by molar-refractivity contribution is -0.116. The van der Waals surface area contributed by atoms with E-state index in [0.717, 1.165) is 11.1 Å². The van der Waals surface area contributed by atoms with Gasteiger partial charge in [0, 0.05) is 23.1 Å². The first-order chi connectivity index (χ1) is 13.9. The van der Waals surface area contributed by atoms with Gasteiger partial charge < -0.3 is 10.3 Å². The molecule has 0 saturated carbocycles. The molecule has 9 heteroatoms. The summed E-state index contributed by atoms with van der Waals surface area (Å²) in [5.41, 5.74) is 1.86. The molecule has 0 radical (unpaired) electrons. The van der Waals surface area contributed by atoms with Crippen LogP contribution >= 0.6 is 46.6 Å². The zero-order valence-electron chi connectivity index (χ0n) is 14.8. The Balaban J connectivity index is 1.66. The van der Waals surface area contributed by atoms with Crippen LogP contribution in [0.25, 0.3) is 0 Å². The van der Waals surface area contributed by atoms with Gasteiger partial charge in [0.2, 0.25) is 5.91 Å². The van der Waals surface area contributed by atoms with E-state index in [0.29, 0.717) is 31.5 Å². The molecule has 2 heterocycles. The number of aromatic amines is 1. The number of amides is 1. The van der Waals surface area contributed by atoms with Crippen molar-refractivity contribution in [3.05, 3.63) is 84.6 Å². The van der Waals surface area contributed by atoms with Gasteiger partial charge >= 0.3 is 0 Å². The summed E-state index contributed by atoms with van der Waals surface area (Å²) in [5.74, 6) is 0.191. The molecule has 1 aliphatic rings. The maximum Gasteiger partial charge on any atom is 0.257 e. The van der Waals surface area contributed by atoms with Crippen molar-refractivity contribution < 1.29 is 4.79 Å². The molecule has 0 bridgehead atoms. The Labute approximate surface area is 185 Å². The van der Waals surface area contributed by atoms with Gasteiger partial charge in [0.25, 0.3) is 5.56 Å². The number of hydrogen-bond acceptors (Lipinski definition) is 4. The number of aromatic nitrogens is 2. The molecule has 0 aliphatic carbocycles. The zero-order chi connectivity index (χ0) is 20.5. The number of carbonyl (C=O) groups is 1. The van der Waals surface area contributed by atoms with E-state index in [2.05, 4.69) is 15.3 Å². The van der Waals surface area contributed by atoms with Crippen molar-refractivity contribution in [1.82, 2.24) is 9.97 Å². The lowest BCUT2D eigenvalue weighted by atomic mass is 9.87. The molecular formula is C20H14Cl3N3O2S. The molecule has 1 aliphatic heterocycles. The van der Waals surface area contributed by atoms with Crippen LogP contribution in [0.1, 0.15) is 29.0 Å². The predicted octanol–water partition coefficient (Wildman–Crippen LogP) is 5.50. The highest BCUT2D eigenvalue weighted by Gasteiger charge is 2.31. The van der Waals surface area contributed by atoms with Gasteiger partial charge in [-0.2, -0.15) is 0 Å². The van der Waals surface area contributed by atoms with Crippen molar-refractivity contribution in [2.24, 2.45) is 0 Å². The van der Waals surface area contributed by atoms with Gasteiger partial charge in [-0.15, -0.1) is 0 Å². The number of nitrogens with one attached hydrogen (secondary N) is 2. The smallest absolute Gasteiger partial charge is 0.257 e. The second-order valence-electron chi connectivity index (χ2n) is 6.53. The predicted molar refractivity (Wildman–Crippen MR) is 117 cm³/mol. The van der Waals surface area contributed by atoms with Crippen LogP contribution in [-0.2, 0) is 10.5 Å². The highest BCUT2D eigenvalue weighted by molar-refractivity contribution is 7.98. The molecule has 2 N–H and O–H groups in total. The number of carbonyl (C=O) groups excluding carboxylic acids is 1. The second-order valence-corrected chi connectivity index (χ2v) is 8.75. The molecule has 3 aromatic rings. The minimum atomic E-state index is -0.447. The van der Waals surface area contributed by atoms with Crippen LogP contribution in [0.4, 0.5) is 5.82 Å². The number of halogens is 3. The van der Waals surface area contributed by atoms with Crippen LogP contribution in [0.5, 0.6) is 0 Å². The molecule has 1 atom stereocenters. The summed E-state index contributed by atoms with van der Waals surface area (Å²) >= 11 is 19.5. The molecule has 148 valence electrons. The van der Waals surface area contributed by atoms with Crippen LogP contribution in [0, 0.1) is 0 Å². The fraction of sp³-hybridized carbons (Fsp3) is 0.150. The Kier molecular flexibility index (Phi) is 5.88. The van der Waals surface area contributed by atoms with Gasteiger partial charge in [0.1, 0.15) is 5.82 Å². The largest absolute Gasteiger partial charge is 0.310 e. The SMILES string of the molecule is O=C1CC(c2ccc(Cl)c(Cl)c2)c2c(nc(SCc3cccc(Cl)c3)[nH]c2=O)N1. The van der Waals surface area contributed by atoms with Crippen LogP contribution in [0.2, 0.25) is 15.1 Å². The molecular weight excluding hydrogens is 453 g/mol. The van der Waals surface area contributed by atoms with Crippen LogP contribution < -0.4 is 10.9 Å². The maximum atomic E-state index is 12.9. The van der Waals surface area contributed by atoms with E-state index in [9.17, 15) is 9.59 Å². The molecule has 29 heavy (non-hydrogen) atoms. The topological polar surface area (TPSA) is 74.8 Å². The van der Waals surface area contributed by atoms with Crippen LogP contribution in [0.3, 0.4) is 0 Å². The minimum Gasteiger partial charge on any atom is -0.310 e. The molecule has 4 rings (SSSR count). The van der Waals surface area contributed by atoms with Crippen molar-refractivity contribution in [2.75, 3.05) is 5.32 Å². The number of H-pyrrole nitrogens is 1. The Morgan fingerprint density at radius 1 is 1.07 bits per heavy atom. The van der Waals surface area contributed by atoms with E-state index < -0.39 is 5.92 Å². The van der Waals surface area contributed by atoms with Crippen molar-refractivity contribution >= 4 is 58.3 Å². The number of rotatable bonds is 4. The van der Waals surface area contributed by atoms with E-state index in [1.54, 1.807) is 24.3 Å². The Hall–Kier alpha value is -1.99. The number of thioether (sulfide) groups is 1. The van der Waals surface area contributed by atoms with E-state index in [1.165, 1.54) is 11.8 Å². The Bertz CT molecular complexity index is 1170. The summed E-state index contributed by atoms with van der Waals surface area (Å²) in [6, 6.07) is 12.6. The van der Waals surface area contributed by atoms with Gasteiger partial charge in [0.15, 0.2) is 5.16 Å². The molecule has 5 nitrogen and oxygen atoms in total. The second kappa shape index (κ2) is 8.40. The monoisotopic (exact) mass is 465 g/mol. The molecule has 0 saturated heterocycles. The van der Waals surface area contributed by atoms with Crippen molar-refractivity contribution in [1.29, 1.82) is 0 Å². The fourth-order valence-corrected chi connectivity index (χ4v) is 4.53. The molecule has 1 unspecified atom stereocenters. The summed E-state index contributed by atoms with van der Waals surface area (Å²) in [5, 5.41) is 4.56. The maximum absolute atomic E-state index is 12.9. The van der Waals surface area contributed by atoms with E-state index in [1.807, 2.05) is 18.2 Å². The highest BCUT2D eigenvalue weighted by Crippen LogP contribution is 2.37. The summed E-state index contributed by atoms with van der Waals surface area (Å²) in [6.45, 7) is 0. The van der Waals surface area contributed by atoms with Gasteiger partial charge in [-0.05, 0) is 35.4 Å². The van der Waals surface area contributed by atoms with E-state index in [-0.39, 0.29) is 23.7 Å². The summed E-state index contributed by atoms with van der Waals surface area (Å²) < 4.78 is 0. The fourth-order valence-electron chi connectivity index (χ4n) is 3.21. The average molecular weight is 467 g/mol. The third-order valence-corrected chi connectivity index (χ3v) is 6.46. The summed E-state index contributed by atoms with van der Waals surface area (Å²) in [4.78, 5) is 32.4. The van der Waals surface area contributed by atoms with Gasteiger partial charge in [-0.25, -0.2) is 4.98 Å². The van der Waals surface area contributed by atoms with Gasteiger partial charge in [-0.1, -0.05) is 64.8 Å². The van der Waals surface area contributed by atoms with E-state index in [4.69, 9.17) is 34.8 Å². The normalized spacial score (nSPS) is 15.7. The van der Waals surface area contributed by atoms with Crippen LogP contribution in [-0.4, -0.2) is 15.9 Å². The van der Waals surface area contributed by atoms with Crippen molar-refractivity contribution in [3.63, 3.8) is 0 Å². The van der Waals surface area contributed by atoms with Crippen molar-refractivity contribution in [2.45, 2.75) is 23.2 Å². The first kappa shape index (κ1) is 20.3. The number of nitrogens with zero attached hydrogens (tertiary/aromatic N) is 1. The lowest BCUT2D eigenvalue weighted by Crippen LogP contribution is -2.31. The molecule has 0 fully saturated rings. The third kappa shape index (κ3) is 4.46. The first-order valence-electron chi connectivity index (χ1n) is 8.67. The quantitative estimate of drug-likeness (QED) is 0.393. The lowest BCUT2D eigenvalue weighted by Gasteiger charge is -2.24. The van der Waals surface area contributed by atoms with Gasteiger partial charge in [-0.3, -0.25) is 9.59 Å². The first-order valence-corrected chi connectivity index (χ1v) is 10.8. The molecule has 1 aromatic heterocycles. The minimum absolute atomic E-state index is 0.130. The van der Waals surface area contributed by atoms with E-state index >= 15 is 0 Å². The number of fused-ring (bicyclic) bond motifs is 1. The number of hydrogen-bond donors (Lipinski definition) is 2. The molecule has 2 aromatic carbocycles. The Morgan fingerprint density at radius 3 is 2.66 bits per heavy atom.